The molecule has 0 spiro atoms. The molecule has 0 bridgehead atoms. The molecular formula is C12H10O8S4Zn. The molecule has 0 saturated heterocycles. The van der Waals surface area contributed by atoms with Crippen LogP contribution >= 0.6 is 25.3 Å². The van der Waals surface area contributed by atoms with Crippen LogP contribution in [-0.4, -0.2) is 36.2 Å². The van der Waals surface area contributed by atoms with E-state index < -0.39 is 30.0 Å². The van der Waals surface area contributed by atoms with E-state index in [2.05, 4.69) is 25.3 Å². The van der Waals surface area contributed by atoms with Gasteiger partial charge in [0.2, 0.25) is 0 Å². The van der Waals surface area contributed by atoms with Crippen LogP contribution in [0.3, 0.4) is 0 Å². The van der Waals surface area contributed by atoms with E-state index >= 15 is 0 Å². The van der Waals surface area contributed by atoms with Crippen LogP contribution in [-0.2, 0) is 39.7 Å². The smallest absolute Gasteiger partial charge is 0.744 e. The van der Waals surface area contributed by atoms with E-state index in [0.29, 0.717) is 0 Å². The molecule has 0 aliphatic carbocycles. The fourth-order valence-electron chi connectivity index (χ4n) is 1.32. The van der Waals surface area contributed by atoms with Crippen molar-refractivity contribution in [2.45, 2.75) is 19.6 Å². The van der Waals surface area contributed by atoms with Gasteiger partial charge < -0.3 is 19.3 Å². The minimum absolute atomic E-state index is 0. The van der Waals surface area contributed by atoms with Gasteiger partial charge in [-0.2, -0.15) is 0 Å². The Morgan fingerprint density at radius 1 is 0.720 bits per heavy atom. The molecule has 0 aliphatic rings. The number of aromatic hydroxyl groups is 2. The first-order valence-corrected chi connectivity index (χ1v) is 9.49. The van der Waals surface area contributed by atoms with E-state index in [1.54, 1.807) is 0 Å². The number of thiol groups is 2. The third kappa shape index (κ3) is 7.52. The first-order chi connectivity index (χ1) is 10.8. The van der Waals surface area contributed by atoms with E-state index in [-0.39, 0.29) is 40.8 Å². The second-order valence-electron chi connectivity index (χ2n) is 4.21. The number of hydrogen-bond acceptors (Lipinski definition) is 10. The Hall–Kier alpha value is -0.817. The zero-order chi connectivity index (χ0) is 18.7. The van der Waals surface area contributed by atoms with Crippen LogP contribution in [0, 0.1) is 0 Å². The normalized spacial score (nSPS) is 11.0. The Bertz CT molecular complexity index is 878. The maximum absolute atomic E-state index is 10.4. The molecule has 2 N–H and O–H groups in total. The van der Waals surface area contributed by atoms with Gasteiger partial charge in [-0.3, -0.25) is 0 Å². The Kier molecular flexibility index (Phi) is 8.92. The molecule has 0 heterocycles. The van der Waals surface area contributed by atoms with E-state index in [1.165, 1.54) is 12.1 Å². The molecule has 2 rings (SSSR count). The Labute approximate surface area is 168 Å². The van der Waals surface area contributed by atoms with Crippen molar-refractivity contribution in [3.63, 3.8) is 0 Å². The third-order valence-corrected chi connectivity index (χ3v) is 4.89. The van der Waals surface area contributed by atoms with Crippen molar-refractivity contribution in [2.24, 2.45) is 0 Å². The van der Waals surface area contributed by atoms with Crippen molar-refractivity contribution in [3.05, 3.63) is 36.4 Å². The molecule has 0 amide bonds. The van der Waals surface area contributed by atoms with Gasteiger partial charge in [0.25, 0.3) is 0 Å². The van der Waals surface area contributed by atoms with Gasteiger partial charge >= 0.3 is 19.5 Å². The summed E-state index contributed by atoms with van der Waals surface area (Å²) in [6.45, 7) is 0. The molecule has 132 valence electrons. The molecule has 2 aromatic carbocycles. The molecule has 2 aromatic rings. The van der Waals surface area contributed by atoms with Crippen molar-refractivity contribution in [1.29, 1.82) is 0 Å². The quantitative estimate of drug-likeness (QED) is 0.286. The number of hydrogen-bond donors (Lipinski definition) is 4. The fraction of sp³-hybridized carbons (Fsp3) is 0. The molecule has 13 heteroatoms. The molecule has 0 radical (unpaired) electrons. The molecule has 0 unspecified atom stereocenters. The third-order valence-electron chi connectivity index (χ3n) is 2.47. The molecule has 0 aliphatic heterocycles. The Morgan fingerprint density at radius 3 is 1.20 bits per heavy atom. The van der Waals surface area contributed by atoms with Crippen molar-refractivity contribution in [1.82, 2.24) is 0 Å². The standard InChI is InChI=1S/2C6H6O4S2.Zn/c2*7-5-3-4(12(8,9)10)1-2-6(5)11;/h2*1-3,7,11H,(H,8,9,10);/q;;+2/p-2. The number of rotatable bonds is 2. The van der Waals surface area contributed by atoms with E-state index in [1.807, 2.05) is 0 Å². The molecule has 0 saturated carbocycles. The first kappa shape index (κ1) is 24.2. The van der Waals surface area contributed by atoms with Gasteiger partial charge in [-0.25, -0.2) is 16.8 Å². The van der Waals surface area contributed by atoms with Gasteiger partial charge in [-0.15, -0.1) is 25.3 Å². The fourth-order valence-corrected chi connectivity index (χ4v) is 2.58. The summed E-state index contributed by atoms with van der Waals surface area (Å²) in [5, 5.41) is 18.0. The molecule has 0 fully saturated rings. The maximum atomic E-state index is 10.4. The average molecular weight is 476 g/mol. The first-order valence-electron chi connectivity index (χ1n) is 5.78. The summed E-state index contributed by atoms with van der Waals surface area (Å²) in [5.41, 5.74) is 0. The van der Waals surface area contributed by atoms with Crippen LogP contribution in [0.1, 0.15) is 0 Å². The second kappa shape index (κ2) is 9.22. The minimum Gasteiger partial charge on any atom is -0.744 e. The summed E-state index contributed by atoms with van der Waals surface area (Å²) in [4.78, 5) is -0.472. The zero-order valence-corrected chi connectivity index (χ0v) is 18.6. The van der Waals surface area contributed by atoms with Gasteiger partial charge in [0, 0.05) is 9.79 Å². The largest absolute Gasteiger partial charge is 2.00 e. The predicted molar refractivity (Wildman–Crippen MR) is 86.6 cm³/mol. The summed E-state index contributed by atoms with van der Waals surface area (Å²) in [7, 11) is -8.97. The van der Waals surface area contributed by atoms with E-state index in [9.17, 15) is 25.9 Å². The van der Waals surface area contributed by atoms with Crippen LogP contribution in [0.25, 0.3) is 0 Å². The minimum atomic E-state index is -4.49. The van der Waals surface area contributed by atoms with Gasteiger partial charge in [0.1, 0.15) is 31.7 Å². The predicted octanol–water partition coefficient (Wildman–Crippen LogP) is 1.17. The van der Waals surface area contributed by atoms with E-state index in [0.717, 1.165) is 24.3 Å². The monoisotopic (exact) mass is 474 g/mol. The van der Waals surface area contributed by atoms with Gasteiger partial charge in [0.05, 0.1) is 9.79 Å². The van der Waals surface area contributed by atoms with Crippen molar-refractivity contribution < 1.29 is 55.6 Å². The molecule has 8 nitrogen and oxygen atoms in total. The zero-order valence-electron chi connectivity index (χ0n) is 12.2. The summed E-state index contributed by atoms with van der Waals surface area (Å²) in [6.07, 6.45) is 0. The summed E-state index contributed by atoms with van der Waals surface area (Å²) < 4.78 is 62.4. The molecule has 0 aromatic heterocycles. The Morgan fingerprint density at radius 2 is 1.00 bits per heavy atom. The van der Waals surface area contributed by atoms with Crippen molar-refractivity contribution in [3.8, 4) is 11.5 Å². The number of phenolic OH excluding ortho intramolecular Hbond substituents is 2. The summed E-state index contributed by atoms with van der Waals surface area (Å²) >= 11 is 7.59. The van der Waals surface area contributed by atoms with Crippen LogP contribution in [0.4, 0.5) is 0 Å². The molecular weight excluding hydrogens is 466 g/mol. The Balaban J connectivity index is 0.000000443. The summed E-state index contributed by atoms with van der Waals surface area (Å²) in [6, 6.07) is 6.39. The summed E-state index contributed by atoms with van der Waals surface area (Å²) in [5.74, 6) is -0.648. The van der Waals surface area contributed by atoms with Crippen LogP contribution < -0.4 is 0 Å². The van der Waals surface area contributed by atoms with Crippen LogP contribution in [0.2, 0.25) is 0 Å². The van der Waals surface area contributed by atoms with Crippen LogP contribution in [0.5, 0.6) is 11.5 Å². The van der Waals surface area contributed by atoms with E-state index in [4.69, 9.17) is 10.2 Å². The number of benzene rings is 2. The van der Waals surface area contributed by atoms with Gasteiger partial charge in [0.15, 0.2) is 0 Å². The topological polar surface area (TPSA) is 155 Å². The van der Waals surface area contributed by atoms with Crippen molar-refractivity contribution in [2.75, 3.05) is 0 Å². The van der Waals surface area contributed by atoms with Crippen molar-refractivity contribution >= 4 is 45.5 Å². The van der Waals surface area contributed by atoms with Gasteiger partial charge in [-0.1, -0.05) is 0 Å². The average Bonchev–Trinajstić information content (AvgIpc) is 2.43. The SMILES string of the molecule is O=S(=O)([O-])c1ccc(S)c(O)c1.O=S(=O)([O-])c1ccc(S)c(O)c1.[Zn+2]. The van der Waals surface area contributed by atoms with Gasteiger partial charge in [-0.05, 0) is 36.4 Å². The molecule has 0 atom stereocenters. The number of phenols is 2. The second-order valence-corrected chi connectivity index (χ2v) is 7.93. The molecule has 25 heavy (non-hydrogen) atoms. The van der Waals surface area contributed by atoms with Crippen LogP contribution in [0.15, 0.2) is 56.0 Å². The maximum Gasteiger partial charge on any atom is 2.00 e.